The molecule has 1 heteroatoms. The van der Waals surface area contributed by atoms with Gasteiger partial charge < -0.3 is 5.11 Å². The molecular formula is C10H18O. The fourth-order valence-electron chi connectivity index (χ4n) is 1.89. The van der Waals surface area contributed by atoms with Crippen molar-refractivity contribution in [1.29, 1.82) is 0 Å². The highest BCUT2D eigenvalue weighted by Gasteiger charge is 2.34. The first kappa shape index (κ1) is 8.79. The fraction of sp³-hybridized carbons (Fsp3) is 0.800. The minimum atomic E-state index is 0.184. The van der Waals surface area contributed by atoms with Crippen LogP contribution in [0.5, 0.6) is 0 Å². The zero-order valence-electron chi connectivity index (χ0n) is 7.56. The number of hydrogen-bond donors (Lipinski definition) is 1. The number of hydrogen-bond acceptors (Lipinski definition) is 1. The van der Waals surface area contributed by atoms with Crippen molar-refractivity contribution in [2.45, 2.75) is 33.1 Å². The summed E-state index contributed by atoms with van der Waals surface area (Å²) in [5, 5.41) is 9.10. The van der Waals surface area contributed by atoms with Gasteiger partial charge >= 0.3 is 0 Å². The van der Waals surface area contributed by atoms with E-state index in [0.29, 0.717) is 12.5 Å². The summed E-state index contributed by atoms with van der Waals surface area (Å²) >= 11 is 0. The van der Waals surface area contributed by atoms with Crippen LogP contribution in [0.4, 0.5) is 0 Å². The van der Waals surface area contributed by atoms with Gasteiger partial charge in [-0.1, -0.05) is 19.1 Å². The Kier molecular flexibility index (Phi) is 2.38. The van der Waals surface area contributed by atoms with Gasteiger partial charge in [0.1, 0.15) is 0 Å². The first-order valence-corrected chi connectivity index (χ1v) is 4.34. The van der Waals surface area contributed by atoms with E-state index in [-0.39, 0.29) is 5.41 Å². The van der Waals surface area contributed by atoms with Gasteiger partial charge in [-0.15, -0.1) is 0 Å². The average Bonchev–Trinajstić information content (AvgIpc) is 2.33. The summed E-state index contributed by atoms with van der Waals surface area (Å²) in [4.78, 5) is 0. The Balaban J connectivity index is 2.53. The van der Waals surface area contributed by atoms with Gasteiger partial charge in [-0.2, -0.15) is 0 Å². The average molecular weight is 154 g/mol. The molecule has 11 heavy (non-hydrogen) atoms. The molecule has 1 aliphatic rings. The molecule has 0 saturated heterocycles. The summed E-state index contributed by atoms with van der Waals surface area (Å²) in [6, 6.07) is 0. The van der Waals surface area contributed by atoms with Crippen molar-refractivity contribution in [1.82, 2.24) is 0 Å². The molecule has 0 aromatic rings. The molecule has 1 rings (SSSR count). The first-order chi connectivity index (χ1) is 5.07. The lowest BCUT2D eigenvalue weighted by molar-refractivity contribution is 0.146. The van der Waals surface area contributed by atoms with Crippen molar-refractivity contribution in [3.8, 4) is 0 Å². The van der Waals surface area contributed by atoms with Gasteiger partial charge in [0.15, 0.2) is 0 Å². The Hall–Kier alpha value is -0.300. The topological polar surface area (TPSA) is 20.2 Å². The van der Waals surface area contributed by atoms with Crippen LogP contribution < -0.4 is 0 Å². The van der Waals surface area contributed by atoms with E-state index >= 15 is 0 Å². The highest BCUT2D eigenvalue weighted by molar-refractivity contribution is 5.02. The molecule has 0 aromatic heterocycles. The predicted octanol–water partition coefficient (Wildman–Crippen LogP) is 2.36. The van der Waals surface area contributed by atoms with Crippen LogP contribution in [-0.2, 0) is 0 Å². The molecule has 0 aliphatic heterocycles. The van der Waals surface area contributed by atoms with E-state index in [1.165, 1.54) is 12.0 Å². The Bertz CT molecular complexity index is 162. The molecule has 1 nitrogen and oxygen atoms in total. The summed E-state index contributed by atoms with van der Waals surface area (Å²) in [6.07, 6.45) is 3.49. The molecule has 0 radical (unpaired) electrons. The molecule has 2 atom stereocenters. The van der Waals surface area contributed by atoms with Gasteiger partial charge in [0, 0.05) is 6.61 Å². The van der Waals surface area contributed by atoms with Crippen LogP contribution in [0.3, 0.4) is 0 Å². The summed E-state index contributed by atoms with van der Waals surface area (Å²) in [5.41, 5.74) is 1.46. The van der Waals surface area contributed by atoms with Crippen LogP contribution in [0, 0.1) is 11.3 Å². The summed E-state index contributed by atoms with van der Waals surface area (Å²) in [5.74, 6) is 0.659. The van der Waals surface area contributed by atoms with Crippen molar-refractivity contribution in [3.05, 3.63) is 12.2 Å². The normalized spacial score (nSPS) is 37.5. The molecule has 0 amide bonds. The van der Waals surface area contributed by atoms with E-state index in [1.54, 1.807) is 0 Å². The largest absolute Gasteiger partial charge is 0.396 e. The van der Waals surface area contributed by atoms with Crippen LogP contribution >= 0.6 is 0 Å². The molecule has 0 bridgehead atoms. The Morgan fingerprint density at radius 1 is 1.73 bits per heavy atom. The Morgan fingerprint density at radius 3 is 2.64 bits per heavy atom. The molecule has 1 N–H and O–H groups in total. The molecule has 64 valence electrons. The van der Waals surface area contributed by atoms with Gasteiger partial charge in [0.25, 0.3) is 0 Å². The Morgan fingerprint density at radius 2 is 2.36 bits per heavy atom. The zero-order valence-corrected chi connectivity index (χ0v) is 7.56. The van der Waals surface area contributed by atoms with E-state index in [2.05, 4.69) is 20.4 Å². The van der Waals surface area contributed by atoms with E-state index in [9.17, 15) is 0 Å². The van der Waals surface area contributed by atoms with Crippen LogP contribution in [0.1, 0.15) is 33.1 Å². The SMILES string of the molecule is C=C(C)[C@@H]1CCC(C)(CO)C1. The third-order valence-corrected chi connectivity index (χ3v) is 2.91. The molecule has 0 spiro atoms. The molecule has 0 heterocycles. The third kappa shape index (κ3) is 1.84. The lowest BCUT2D eigenvalue weighted by Crippen LogP contribution is -2.16. The second-order valence-corrected chi connectivity index (χ2v) is 4.25. The van der Waals surface area contributed by atoms with Gasteiger partial charge in [-0.3, -0.25) is 0 Å². The second kappa shape index (κ2) is 2.98. The fourth-order valence-corrected chi connectivity index (χ4v) is 1.89. The highest BCUT2D eigenvalue weighted by atomic mass is 16.3. The van der Waals surface area contributed by atoms with Crippen LogP contribution in [0.25, 0.3) is 0 Å². The monoisotopic (exact) mass is 154 g/mol. The maximum absolute atomic E-state index is 9.10. The summed E-state index contributed by atoms with van der Waals surface area (Å²) < 4.78 is 0. The van der Waals surface area contributed by atoms with Gasteiger partial charge in [0.05, 0.1) is 0 Å². The lowest BCUT2D eigenvalue weighted by Gasteiger charge is -2.20. The van der Waals surface area contributed by atoms with Crippen molar-refractivity contribution in [3.63, 3.8) is 0 Å². The van der Waals surface area contributed by atoms with Crippen LogP contribution in [0.2, 0.25) is 0 Å². The minimum Gasteiger partial charge on any atom is -0.396 e. The Labute approximate surface area is 69.1 Å². The molecular weight excluding hydrogens is 136 g/mol. The number of aliphatic hydroxyl groups excluding tert-OH is 1. The molecule has 0 aromatic carbocycles. The maximum Gasteiger partial charge on any atom is 0.0484 e. The van der Waals surface area contributed by atoms with Crippen LogP contribution in [-0.4, -0.2) is 11.7 Å². The zero-order chi connectivity index (χ0) is 8.48. The molecule has 1 aliphatic carbocycles. The van der Waals surface area contributed by atoms with E-state index in [1.807, 2.05) is 0 Å². The second-order valence-electron chi connectivity index (χ2n) is 4.25. The minimum absolute atomic E-state index is 0.184. The summed E-state index contributed by atoms with van der Waals surface area (Å²) in [6.45, 7) is 8.54. The number of allylic oxidation sites excluding steroid dienone is 1. The third-order valence-electron chi connectivity index (χ3n) is 2.91. The van der Waals surface area contributed by atoms with Gasteiger partial charge in [-0.05, 0) is 37.5 Å². The van der Waals surface area contributed by atoms with Crippen molar-refractivity contribution in [2.24, 2.45) is 11.3 Å². The quantitative estimate of drug-likeness (QED) is 0.605. The van der Waals surface area contributed by atoms with Gasteiger partial charge in [0.2, 0.25) is 0 Å². The van der Waals surface area contributed by atoms with Crippen molar-refractivity contribution >= 4 is 0 Å². The van der Waals surface area contributed by atoms with Crippen molar-refractivity contribution < 1.29 is 5.11 Å². The van der Waals surface area contributed by atoms with Gasteiger partial charge in [-0.25, -0.2) is 0 Å². The van der Waals surface area contributed by atoms with E-state index in [4.69, 9.17) is 5.11 Å². The highest BCUT2D eigenvalue weighted by Crippen LogP contribution is 2.43. The standard InChI is InChI=1S/C10H18O/c1-8(2)9-4-5-10(3,6-9)7-11/h9,11H,1,4-7H2,2-3H3/t9-,10?/m1/s1. The van der Waals surface area contributed by atoms with Crippen LogP contribution in [0.15, 0.2) is 12.2 Å². The maximum atomic E-state index is 9.10. The van der Waals surface area contributed by atoms with Crippen molar-refractivity contribution in [2.75, 3.05) is 6.61 Å². The smallest absolute Gasteiger partial charge is 0.0484 e. The predicted molar refractivity (Wildman–Crippen MR) is 47.3 cm³/mol. The molecule has 1 fully saturated rings. The first-order valence-electron chi connectivity index (χ1n) is 4.34. The van der Waals surface area contributed by atoms with E-state index < -0.39 is 0 Å². The summed E-state index contributed by atoms with van der Waals surface area (Å²) in [7, 11) is 0. The molecule has 1 saturated carbocycles. The number of rotatable bonds is 2. The van der Waals surface area contributed by atoms with E-state index in [0.717, 1.165) is 12.8 Å². The molecule has 1 unspecified atom stereocenters. The number of aliphatic hydroxyl groups is 1. The lowest BCUT2D eigenvalue weighted by atomic mass is 9.88.